The van der Waals surface area contributed by atoms with E-state index in [1.165, 1.54) is 37.3 Å². The van der Waals surface area contributed by atoms with Crippen molar-refractivity contribution in [1.29, 1.82) is 0 Å². The number of halogens is 1. The van der Waals surface area contributed by atoms with E-state index in [9.17, 15) is 9.18 Å². The molecule has 3 rings (SSSR count). The van der Waals surface area contributed by atoms with Gasteiger partial charge in [-0.15, -0.1) is 0 Å². The summed E-state index contributed by atoms with van der Waals surface area (Å²) in [5, 5.41) is 3.50. The number of hydrogen-bond donors (Lipinski definition) is 1. The van der Waals surface area contributed by atoms with E-state index in [0.717, 1.165) is 13.0 Å². The van der Waals surface area contributed by atoms with Crippen LogP contribution in [-0.2, 0) is 4.79 Å². The van der Waals surface area contributed by atoms with E-state index in [2.05, 4.69) is 35.8 Å². The van der Waals surface area contributed by atoms with Gasteiger partial charge in [-0.05, 0) is 57.0 Å². The summed E-state index contributed by atoms with van der Waals surface area (Å²) in [6, 6.07) is 0. The van der Waals surface area contributed by atoms with Crippen LogP contribution in [0.1, 0.15) is 52.9 Å². The van der Waals surface area contributed by atoms with Crippen LogP contribution >= 0.6 is 0 Å². The molecule has 2 aliphatic heterocycles. The van der Waals surface area contributed by atoms with Gasteiger partial charge in [0.15, 0.2) is 0 Å². The number of hydrogen-bond acceptors (Lipinski definition) is 3. The topological polar surface area (TPSA) is 39.9 Å². The lowest BCUT2D eigenvalue weighted by molar-refractivity contribution is -0.131. The van der Waals surface area contributed by atoms with E-state index in [0.29, 0.717) is 5.92 Å². The zero-order chi connectivity index (χ0) is 18.9. The van der Waals surface area contributed by atoms with Crippen molar-refractivity contribution in [3.8, 4) is 0 Å². The van der Waals surface area contributed by atoms with Crippen molar-refractivity contribution in [3.05, 3.63) is 11.4 Å². The Hall–Kier alpha value is -1.19. The quantitative estimate of drug-likeness (QED) is 0.763. The fourth-order valence-corrected chi connectivity index (χ4v) is 5.04. The van der Waals surface area contributed by atoms with Crippen LogP contribution in [0.15, 0.2) is 0 Å². The van der Waals surface area contributed by atoms with Crippen molar-refractivity contribution < 1.29 is 9.18 Å². The second-order valence-electron chi connectivity index (χ2n) is 9.14. The molecule has 6 heteroatoms. The Bertz CT molecular complexity index is 569. The summed E-state index contributed by atoms with van der Waals surface area (Å²) < 4.78 is 13.6. The Morgan fingerprint density at radius 3 is 2.65 bits per heavy atom. The van der Waals surface area contributed by atoms with Crippen molar-refractivity contribution in [2.45, 2.75) is 70.8 Å². The normalized spacial score (nSPS) is 37.2. The lowest BCUT2D eigenvalue weighted by Gasteiger charge is -2.43. The number of carbonyl (C=O) groups is 1. The molecule has 0 aromatic rings. The van der Waals surface area contributed by atoms with E-state index in [-0.39, 0.29) is 36.4 Å². The first-order chi connectivity index (χ1) is 12.3. The van der Waals surface area contributed by atoms with Gasteiger partial charge in [0.1, 0.15) is 6.17 Å². The second-order valence-corrected chi connectivity index (χ2v) is 9.14. The predicted octanol–water partition coefficient (Wildman–Crippen LogP) is 2.68. The molecule has 146 valence electrons. The van der Waals surface area contributed by atoms with Crippen molar-refractivity contribution in [1.82, 2.24) is 15.1 Å². The maximum atomic E-state index is 13.6. The highest BCUT2D eigenvalue weighted by Crippen LogP contribution is 2.50. The summed E-state index contributed by atoms with van der Waals surface area (Å²) in [6.45, 7) is 17.9. The molecule has 0 bridgehead atoms. The maximum absolute atomic E-state index is 13.6. The van der Waals surface area contributed by atoms with Gasteiger partial charge < -0.3 is 10.2 Å². The summed E-state index contributed by atoms with van der Waals surface area (Å²) in [4.78, 5) is 20.0. The number of rotatable bonds is 5. The molecule has 2 heterocycles. The molecule has 0 unspecified atom stereocenters. The summed E-state index contributed by atoms with van der Waals surface area (Å²) in [5.41, 5.74) is -0.0296. The zero-order valence-corrected chi connectivity index (χ0v) is 16.4. The monoisotopic (exact) mass is 364 g/mol. The first kappa shape index (κ1) is 19.6. The Labute approximate surface area is 157 Å². The summed E-state index contributed by atoms with van der Waals surface area (Å²) in [6.07, 6.45) is 3.28. The minimum Gasteiger partial charge on any atom is -0.303 e. The standard InChI is InChI=1S/C20H33FN4O/c1-19(2)15(13-24-9-5-6-10-24)7-8-20(19,3)23-12-18(26)25-14-16(21)11-17(25)22-4/h15-17,23H,5-14H2,1-3H3/t15-,16-,17-,20-/m0/s1. The highest BCUT2D eigenvalue weighted by molar-refractivity contribution is 5.79. The number of alkyl halides is 1. The zero-order valence-electron chi connectivity index (χ0n) is 16.4. The van der Waals surface area contributed by atoms with Crippen LogP contribution in [0.3, 0.4) is 0 Å². The van der Waals surface area contributed by atoms with Crippen LogP contribution in [0, 0.1) is 17.9 Å². The largest absolute Gasteiger partial charge is 0.303 e. The smallest absolute Gasteiger partial charge is 0.303 e. The minimum absolute atomic E-state index is 0.0608. The van der Waals surface area contributed by atoms with E-state index >= 15 is 0 Å². The molecule has 3 fully saturated rings. The molecule has 4 atom stereocenters. The molecule has 1 saturated carbocycles. The highest BCUT2D eigenvalue weighted by Gasteiger charge is 2.52. The fourth-order valence-electron chi connectivity index (χ4n) is 5.04. The molecule has 0 aromatic heterocycles. The summed E-state index contributed by atoms with van der Waals surface area (Å²) >= 11 is 0. The molecule has 0 aromatic carbocycles. The van der Waals surface area contributed by atoms with Gasteiger partial charge in [0.25, 0.3) is 0 Å². The third-order valence-electron chi connectivity index (χ3n) is 7.43. The fraction of sp³-hybridized carbons (Fsp3) is 0.900. The number of carbonyl (C=O) groups excluding carboxylic acids is 1. The van der Waals surface area contributed by atoms with Crippen molar-refractivity contribution >= 4 is 5.91 Å². The van der Waals surface area contributed by atoms with Gasteiger partial charge in [-0.1, -0.05) is 13.8 Å². The van der Waals surface area contributed by atoms with E-state index in [4.69, 9.17) is 6.57 Å². The second kappa shape index (κ2) is 7.44. The number of nitrogens with one attached hydrogen (secondary N) is 1. The number of likely N-dealkylation sites (tertiary alicyclic amines) is 2. The first-order valence-electron chi connectivity index (χ1n) is 10.0. The maximum Gasteiger partial charge on any atom is 0.303 e. The van der Waals surface area contributed by atoms with Gasteiger partial charge in [0, 0.05) is 12.1 Å². The van der Waals surface area contributed by atoms with E-state index in [1.54, 1.807) is 0 Å². The third-order valence-corrected chi connectivity index (χ3v) is 7.43. The molecule has 2 saturated heterocycles. The Balaban J connectivity index is 1.58. The average Bonchev–Trinajstić information content (AvgIpc) is 3.29. The van der Waals surface area contributed by atoms with E-state index in [1.807, 2.05) is 0 Å². The Morgan fingerprint density at radius 2 is 2.00 bits per heavy atom. The number of amides is 1. The van der Waals surface area contributed by atoms with Gasteiger partial charge in [-0.3, -0.25) is 14.5 Å². The van der Waals surface area contributed by atoms with Gasteiger partial charge in [-0.2, -0.15) is 0 Å². The predicted molar refractivity (Wildman–Crippen MR) is 100 cm³/mol. The van der Waals surface area contributed by atoms with Crippen LogP contribution in [0.5, 0.6) is 0 Å². The third kappa shape index (κ3) is 3.61. The lowest BCUT2D eigenvalue weighted by atomic mass is 9.71. The van der Waals surface area contributed by atoms with Crippen LogP contribution in [0.25, 0.3) is 4.85 Å². The molecule has 5 nitrogen and oxygen atoms in total. The molecule has 1 aliphatic carbocycles. The van der Waals surface area contributed by atoms with Gasteiger partial charge >= 0.3 is 6.17 Å². The first-order valence-corrected chi connectivity index (χ1v) is 10.0. The van der Waals surface area contributed by atoms with Crippen molar-refractivity contribution in [2.24, 2.45) is 11.3 Å². The SMILES string of the molecule is [C-]#[N+][C@@H]1C[C@H](F)CN1C(=O)CN[C@@]1(C)CC[C@@H](CN2CCCC2)C1(C)C. The molecular weight excluding hydrogens is 331 g/mol. The van der Waals surface area contributed by atoms with Crippen molar-refractivity contribution in [2.75, 3.05) is 32.7 Å². The van der Waals surface area contributed by atoms with Gasteiger partial charge in [-0.25, -0.2) is 11.0 Å². The Morgan fingerprint density at radius 1 is 1.31 bits per heavy atom. The molecular formula is C20H33FN4O. The molecule has 26 heavy (non-hydrogen) atoms. The molecule has 3 aliphatic rings. The summed E-state index contributed by atoms with van der Waals surface area (Å²) in [7, 11) is 0. The molecule has 0 radical (unpaired) electrons. The van der Waals surface area contributed by atoms with Gasteiger partial charge in [0.2, 0.25) is 5.91 Å². The molecule has 0 spiro atoms. The summed E-state index contributed by atoms with van der Waals surface area (Å²) in [5.74, 6) is 0.470. The lowest BCUT2D eigenvalue weighted by Crippen LogP contribution is -2.56. The van der Waals surface area contributed by atoms with Crippen LogP contribution in [-0.4, -0.2) is 66.3 Å². The molecule has 1 amide bonds. The van der Waals surface area contributed by atoms with Gasteiger partial charge in [0.05, 0.1) is 19.5 Å². The Kier molecular flexibility index (Phi) is 5.60. The van der Waals surface area contributed by atoms with Crippen LogP contribution in [0.2, 0.25) is 0 Å². The minimum atomic E-state index is -1.07. The van der Waals surface area contributed by atoms with Crippen LogP contribution < -0.4 is 5.32 Å². The highest BCUT2D eigenvalue weighted by atomic mass is 19.1. The number of nitrogens with zero attached hydrogens (tertiary/aromatic N) is 3. The van der Waals surface area contributed by atoms with Crippen LogP contribution in [0.4, 0.5) is 4.39 Å². The van der Waals surface area contributed by atoms with Crippen molar-refractivity contribution in [3.63, 3.8) is 0 Å². The van der Waals surface area contributed by atoms with E-state index < -0.39 is 12.3 Å². The molecule has 1 N–H and O–H groups in total. The average molecular weight is 365 g/mol.